The van der Waals surface area contributed by atoms with Crippen molar-refractivity contribution >= 4 is 42.4 Å². The number of fused-ring (bicyclic) bond motifs is 1. The molecule has 8 nitrogen and oxygen atoms in total. The monoisotopic (exact) mass is 524 g/mol. The van der Waals surface area contributed by atoms with Crippen molar-refractivity contribution in [1.29, 1.82) is 0 Å². The molecule has 0 bridgehead atoms. The van der Waals surface area contributed by atoms with E-state index < -0.39 is 31.6 Å². The number of ether oxygens (including phenoxy) is 2. The zero-order valence-corrected chi connectivity index (χ0v) is 20.8. The summed E-state index contributed by atoms with van der Waals surface area (Å²) < 4.78 is 64.9. The number of hydrogen-bond donors (Lipinski definition) is 0. The molecule has 0 unspecified atom stereocenters. The number of hydrogen-bond acceptors (Lipinski definition) is 8. The summed E-state index contributed by atoms with van der Waals surface area (Å²) >= 11 is 0. The van der Waals surface area contributed by atoms with E-state index in [0.717, 1.165) is 14.2 Å². The van der Waals surface area contributed by atoms with Crippen LogP contribution in [0.2, 0.25) is 0 Å². The zero-order chi connectivity index (χ0) is 26.1. The molecular weight excluding hydrogens is 504 g/mol. The Bertz CT molecular complexity index is 1600. The maximum Gasteiger partial charge on any atom is 0.339 e. The van der Waals surface area contributed by atoms with Crippen LogP contribution < -0.4 is 0 Å². The van der Waals surface area contributed by atoms with Gasteiger partial charge < -0.3 is 9.47 Å². The number of methoxy groups -OCH3 is 2. The Kier molecular flexibility index (Phi) is 6.66. The van der Waals surface area contributed by atoms with Gasteiger partial charge in [0.05, 0.1) is 44.9 Å². The van der Waals surface area contributed by atoms with Crippen LogP contribution in [-0.2, 0) is 29.1 Å². The Morgan fingerprint density at radius 1 is 0.528 bits per heavy atom. The lowest BCUT2D eigenvalue weighted by Crippen LogP contribution is -2.14. The van der Waals surface area contributed by atoms with Gasteiger partial charge in [0.15, 0.2) is 0 Å². The summed E-state index contributed by atoms with van der Waals surface area (Å²) in [5, 5.41) is 0.266. The van der Waals surface area contributed by atoms with Crippen LogP contribution in [0.5, 0.6) is 0 Å². The predicted molar refractivity (Wildman–Crippen MR) is 130 cm³/mol. The molecule has 0 heterocycles. The van der Waals surface area contributed by atoms with Gasteiger partial charge in [0.25, 0.3) is 0 Å². The maximum absolute atomic E-state index is 13.8. The fraction of sp³-hybridized carbons (Fsp3) is 0.0769. The third-order valence-electron chi connectivity index (χ3n) is 5.57. The van der Waals surface area contributed by atoms with Gasteiger partial charge in [-0.25, -0.2) is 26.4 Å². The molecule has 0 saturated carbocycles. The van der Waals surface area contributed by atoms with Gasteiger partial charge in [-0.15, -0.1) is 0 Å². The summed E-state index contributed by atoms with van der Waals surface area (Å²) in [5.41, 5.74) is -0.373. The van der Waals surface area contributed by atoms with Crippen molar-refractivity contribution in [2.45, 2.75) is 19.6 Å². The average Bonchev–Trinajstić information content (AvgIpc) is 2.91. The molecule has 0 N–H and O–H groups in total. The Balaban J connectivity index is 2.06. The molecule has 0 amide bonds. The van der Waals surface area contributed by atoms with E-state index in [1.807, 2.05) is 0 Å². The summed E-state index contributed by atoms with van der Waals surface area (Å²) in [6.45, 7) is 0. The van der Waals surface area contributed by atoms with E-state index in [9.17, 15) is 26.4 Å². The van der Waals surface area contributed by atoms with Gasteiger partial charge >= 0.3 is 11.9 Å². The van der Waals surface area contributed by atoms with Crippen LogP contribution in [0.25, 0.3) is 10.8 Å². The molecule has 0 saturated heterocycles. The lowest BCUT2D eigenvalue weighted by Gasteiger charge is -2.15. The second-order valence-electron chi connectivity index (χ2n) is 7.59. The van der Waals surface area contributed by atoms with Gasteiger partial charge in [-0.05, 0) is 41.8 Å². The predicted octanol–water partition coefficient (Wildman–Crippen LogP) is 4.08. The van der Waals surface area contributed by atoms with E-state index in [2.05, 4.69) is 0 Å². The third-order valence-corrected chi connectivity index (χ3v) is 9.28. The van der Waals surface area contributed by atoms with Gasteiger partial charge in [0, 0.05) is 5.39 Å². The van der Waals surface area contributed by atoms with Gasteiger partial charge in [0.2, 0.25) is 19.7 Å². The van der Waals surface area contributed by atoms with E-state index in [-0.39, 0.29) is 36.1 Å². The first-order valence-corrected chi connectivity index (χ1v) is 13.5. The minimum absolute atomic E-state index is 0.0701. The number of rotatable bonds is 6. The van der Waals surface area contributed by atoms with Crippen molar-refractivity contribution in [2.75, 3.05) is 14.2 Å². The van der Waals surface area contributed by atoms with Gasteiger partial charge in [-0.3, -0.25) is 0 Å². The van der Waals surface area contributed by atoms with Crippen LogP contribution in [0.15, 0.2) is 105 Å². The first-order chi connectivity index (χ1) is 17.1. The molecule has 0 aliphatic carbocycles. The quantitative estimate of drug-likeness (QED) is 0.346. The molecule has 184 valence electrons. The highest BCUT2D eigenvalue weighted by Gasteiger charge is 2.31. The van der Waals surface area contributed by atoms with Crippen LogP contribution in [0, 0.1) is 0 Å². The van der Waals surface area contributed by atoms with Gasteiger partial charge in [-0.1, -0.05) is 48.5 Å². The molecule has 0 spiro atoms. The molecule has 0 atom stereocenters. The van der Waals surface area contributed by atoms with Crippen molar-refractivity contribution in [3.05, 3.63) is 96.1 Å². The summed E-state index contributed by atoms with van der Waals surface area (Å²) in [5.74, 6) is -1.71. The highest BCUT2D eigenvalue weighted by atomic mass is 32.2. The van der Waals surface area contributed by atoms with E-state index in [1.54, 1.807) is 12.1 Å². The summed E-state index contributed by atoms with van der Waals surface area (Å²) in [7, 11) is -6.54. The standard InChI is InChI=1S/C26H20O8S2/c1-33-25(27)18-11-3-5-13-20(18)35(29,30)22-15-7-9-17-10-8-16-23(24(17)22)36(31,32)21-14-6-4-12-19(21)26(28)34-2/h3-16H,1-2H3. The van der Waals surface area contributed by atoms with Crippen LogP contribution >= 0.6 is 0 Å². The minimum atomic E-state index is -4.40. The fourth-order valence-corrected chi connectivity index (χ4v) is 7.36. The van der Waals surface area contributed by atoms with Crippen molar-refractivity contribution in [2.24, 2.45) is 0 Å². The number of benzene rings is 4. The largest absolute Gasteiger partial charge is 0.465 e. The average molecular weight is 525 g/mol. The normalized spacial score (nSPS) is 11.7. The van der Waals surface area contributed by atoms with Crippen LogP contribution in [0.1, 0.15) is 20.7 Å². The summed E-state index contributed by atoms with van der Waals surface area (Å²) in [6.07, 6.45) is 0. The van der Waals surface area contributed by atoms with Crippen LogP contribution in [0.3, 0.4) is 0 Å². The third kappa shape index (κ3) is 4.14. The minimum Gasteiger partial charge on any atom is -0.465 e. The molecule has 0 aromatic heterocycles. The number of sulfone groups is 2. The topological polar surface area (TPSA) is 121 Å². The van der Waals surface area contributed by atoms with Crippen LogP contribution in [-0.4, -0.2) is 43.0 Å². The van der Waals surface area contributed by atoms with E-state index in [1.165, 1.54) is 72.8 Å². The lowest BCUT2D eigenvalue weighted by molar-refractivity contribution is 0.0587. The van der Waals surface area contributed by atoms with E-state index >= 15 is 0 Å². The lowest BCUT2D eigenvalue weighted by atomic mass is 10.1. The van der Waals surface area contributed by atoms with E-state index in [0.29, 0.717) is 5.39 Å². The second kappa shape index (κ2) is 9.56. The van der Waals surface area contributed by atoms with Crippen molar-refractivity contribution in [1.82, 2.24) is 0 Å². The number of carbonyl (C=O) groups excluding carboxylic acids is 2. The molecule has 36 heavy (non-hydrogen) atoms. The Morgan fingerprint density at radius 3 is 1.28 bits per heavy atom. The molecule has 0 aliphatic heterocycles. The summed E-state index contributed by atoms with van der Waals surface area (Å²) in [4.78, 5) is 23.3. The Labute approximate surface area is 207 Å². The van der Waals surface area contributed by atoms with E-state index in [4.69, 9.17) is 9.47 Å². The van der Waals surface area contributed by atoms with Crippen molar-refractivity contribution < 1.29 is 35.9 Å². The van der Waals surface area contributed by atoms with Gasteiger partial charge in [-0.2, -0.15) is 0 Å². The zero-order valence-electron chi connectivity index (χ0n) is 19.2. The highest BCUT2D eigenvalue weighted by Crippen LogP contribution is 2.37. The van der Waals surface area contributed by atoms with Crippen molar-refractivity contribution in [3.8, 4) is 0 Å². The SMILES string of the molecule is COC(=O)c1ccccc1S(=O)(=O)c1cccc2cccc(S(=O)(=O)c3ccccc3C(=O)OC)c12. The molecule has 4 aromatic carbocycles. The van der Waals surface area contributed by atoms with Crippen LogP contribution in [0.4, 0.5) is 0 Å². The Hall–Kier alpha value is -4.02. The van der Waals surface area contributed by atoms with Crippen molar-refractivity contribution in [3.63, 3.8) is 0 Å². The maximum atomic E-state index is 13.8. The molecule has 10 heteroatoms. The van der Waals surface area contributed by atoms with Gasteiger partial charge in [0.1, 0.15) is 0 Å². The molecule has 4 rings (SSSR count). The molecule has 0 fully saturated rings. The number of esters is 2. The smallest absolute Gasteiger partial charge is 0.339 e. The first-order valence-electron chi connectivity index (χ1n) is 10.5. The first kappa shape index (κ1) is 25.1. The molecule has 4 aromatic rings. The molecular formula is C26H20O8S2. The molecule has 0 radical (unpaired) electrons. The Morgan fingerprint density at radius 2 is 0.889 bits per heavy atom. The number of carbonyl (C=O) groups is 2. The highest BCUT2D eigenvalue weighted by molar-refractivity contribution is 7.92. The molecule has 0 aliphatic rings. The fourth-order valence-electron chi connectivity index (χ4n) is 3.92. The summed E-state index contributed by atoms with van der Waals surface area (Å²) in [6, 6.07) is 19.7. The second-order valence-corrected chi connectivity index (χ2v) is 11.4.